The van der Waals surface area contributed by atoms with Gasteiger partial charge in [-0.05, 0) is 48.7 Å². The molecule has 1 N–H and O–H groups in total. The van der Waals surface area contributed by atoms with E-state index in [1.165, 1.54) is 5.56 Å². The van der Waals surface area contributed by atoms with Gasteiger partial charge >= 0.3 is 0 Å². The van der Waals surface area contributed by atoms with Crippen molar-refractivity contribution in [1.82, 2.24) is 4.90 Å². The summed E-state index contributed by atoms with van der Waals surface area (Å²) in [4.78, 5) is 14.4. The van der Waals surface area contributed by atoms with Crippen LogP contribution >= 0.6 is 0 Å². The highest BCUT2D eigenvalue weighted by molar-refractivity contribution is 5.93. The number of methoxy groups -OCH3 is 1. The molecule has 0 aliphatic rings. The Morgan fingerprint density at radius 1 is 1.16 bits per heavy atom. The largest absolute Gasteiger partial charge is 0.497 e. The molecular formula is C21H28N2O2. The molecule has 0 aliphatic carbocycles. The first kappa shape index (κ1) is 19.0. The van der Waals surface area contributed by atoms with E-state index in [-0.39, 0.29) is 5.91 Å². The molecule has 25 heavy (non-hydrogen) atoms. The van der Waals surface area contributed by atoms with Crippen LogP contribution in [0.15, 0.2) is 48.5 Å². The molecule has 0 radical (unpaired) electrons. The maximum atomic E-state index is 12.4. The first-order valence-corrected chi connectivity index (χ1v) is 8.73. The molecule has 2 rings (SSSR count). The molecule has 1 amide bonds. The van der Waals surface area contributed by atoms with Gasteiger partial charge in [-0.3, -0.25) is 9.69 Å². The van der Waals surface area contributed by atoms with Gasteiger partial charge in [0.25, 0.3) is 0 Å². The maximum absolute atomic E-state index is 12.4. The quantitative estimate of drug-likeness (QED) is 0.780. The Hall–Kier alpha value is -2.33. The van der Waals surface area contributed by atoms with E-state index in [2.05, 4.69) is 25.2 Å². The number of rotatable bonds is 8. The van der Waals surface area contributed by atoms with Crippen LogP contribution in [0.1, 0.15) is 37.3 Å². The number of para-hydroxylation sites is 1. The lowest BCUT2D eigenvalue weighted by atomic mass is 9.97. The summed E-state index contributed by atoms with van der Waals surface area (Å²) in [6.45, 7) is 5.40. The predicted octanol–water partition coefficient (Wildman–Crippen LogP) is 4.28. The molecule has 0 aromatic heterocycles. The molecule has 0 saturated carbocycles. The highest BCUT2D eigenvalue weighted by Gasteiger charge is 2.12. The van der Waals surface area contributed by atoms with Crippen molar-refractivity contribution in [2.75, 3.05) is 26.0 Å². The molecule has 0 bridgehead atoms. The summed E-state index contributed by atoms with van der Waals surface area (Å²) in [7, 11) is 3.60. The number of carbonyl (C=O) groups excluding carboxylic acids is 1. The van der Waals surface area contributed by atoms with Gasteiger partial charge in [-0.2, -0.15) is 0 Å². The fraction of sp³-hybridized carbons (Fsp3) is 0.381. The van der Waals surface area contributed by atoms with Crippen molar-refractivity contribution in [3.05, 3.63) is 59.7 Å². The predicted molar refractivity (Wildman–Crippen MR) is 103 cm³/mol. The van der Waals surface area contributed by atoms with Gasteiger partial charge in [-0.1, -0.05) is 44.2 Å². The Kier molecular flexibility index (Phi) is 7.02. The summed E-state index contributed by atoms with van der Waals surface area (Å²) in [5, 5.41) is 3.06. The molecule has 2 aromatic rings. The molecule has 4 heteroatoms. The van der Waals surface area contributed by atoms with E-state index < -0.39 is 0 Å². The van der Waals surface area contributed by atoms with Gasteiger partial charge in [-0.15, -0.1) is 0 Å². The number of nitrogens with zero attached hydrogens (tertiary/aromatic N) is 1. The number of ether oxygens (including phenoxy) is 1. The molecule has 0 unspecified atom stereocenters. The molecule has 0 fully saturated rings. The van der Waals surface area contributed by atoms with E-state index in [9.17, 15) is 4.79 Å². The summed E-state index contributed by atoms with van der Waals surface area (Å²) in [6, 6.07) is 16.0. The Morgan fingerprint density at radius 3 is 2.48 bits per heavy atom. The third-order valence-corrected chi connectivity index (χ3v) is 4.40. The number of likely N-dealkylation sites (N-methyl/N-ethyl adjacent to an activating group) is 1. The molecular weight excluding hydrogens is 312 g/mol. The second-order valence-electron chi connectivity index (χ2n) is 6.47. The molecule has 0 saturated heterocycles. The SMILES string of the molecule is CC[C@@H](C)c1ccccc1NC(=O)CN(C)Cc1ccc(OC)cc1. The van der Waals surface area contributed by atoms with E-state index >= 15 is 0 Å². The van der Waals surface area contributed by atoms with E-state index in [0.29, 0.717) is 19.0 Å². The third-order valence-electron chi connectivity index (χ3n) is 4.40. The van der Waals surface area contributed by atoms with Gasteiger partial charge in [-0.25, -0.2) is 0 Å². The number of hydrogen-bond donors (Lipinski definition) is 1. The monoisotopic (exact) mass is 340 g/mol. The summed E-state index contributed by atoms with van der Waals surface area (Å²) in [5.74, 6) is 1.27. The van der Waals surface area contributed by atoms with Gasteiger partial charge < -0.3 is 10.1 Å². The average molecular weight is 340 g/mol. The Morgan fingerprint density at radius 2 is 1.84 bits per heavy atom. The van der Waals surface area contributed by atoms with E-state index in [4.69, 9.17) is 4.74 Å². The van der Waals surface area contributed by atoms with Crippen LogP contribution < -0.4 is 10.1 Å². The smallest absolute Gasteiger partial charge is 0.238 e. The van der Waals surface area contributed by atoms with Crippen molar-refractivity contribution in [2.45, 2.75) is 32.7 Å². The van der Waals surface area contributed by atoms with Crippen molar-refractivity contribution in [2.24, 2.45) is 0 Å². The standard InChI is InChI=1S/C21H28N2O2/c1-5-16(2)19-8-6-7-9-20(19)22-21(24)15-23(3)14-17-10-12-18(25-4)13-11-17/h6-13,16H,5,14-15H2,1-4H3,(H,22,24)/t16-/m1/s1. The third kappa shape index (κ3) is 5.61. The normalized spacial score (nSPS) is 12.0. The molecule has 2 aromatic carbocycles. The minimum atomic E-state index is 0.00626. The van der Waals surface area contributed by atoms with E-state index in [1.54, 1.807) is 7.11 Å². The summed E-state index contributed by atoms with van der Waals surface area (Å²) in [5.41, 5.74) is 3.26. The van der Waals surface area contributed by atoms with Crippen molar-refractivity contribution >= 4 is 11.6 Å². The van der Waals surface area contributed by atoms with Crippen LogP contribution in [-0.2, 0) is 11.3 Å². The van der Waals surface area contributed by atoms with E-state index in [0.717, 1.165) is 23.4 Å². The van der Waals surface area contributed by atoms with E-state index in [1.807, 2.05) is 54.4 Å². The van der Waals surface area contributed by atoms with Gasteiger partial charge in [0, 0.05) is 12.2 Å². The number of amides is 1. The topological polar surface area (TPSA) is 41.6 Å². The van der Waals surface area contributed by atoms with Crippen molar-refractivity contribution < 1.29 is 9.53 Å². The molecule has 4 nitrogen and oxygen atoms in total. The maximum Gasteiger partial charge on any atom is 0.238 e. The van der Waals surface area contributed by atoms with Gasteiger partial charge in [0.2, 0.25) is 5.91 Å². The Labute approximate surface area is 150 Å². The lowest BCUT2D eigenvalue weighted by Crippen LogP contribution is -2.30. The molecule has 0 aliphatic heterocycles. The van der Waals surface area contributed by atoms with Gasteiger partial charge in [0.05, 0.1) is 13.7 Å². The molecule has 0 heterocycles. The number of carbonyl (C=O) groups is 1. The Balaban J connectivity index is 1.93. The fourth-order valence-corrected chi connectivity index (χ4v) is 2.79. The van der Waals surface area contributed by atoms with Crippen molar-refractivity contribution in [3.8, 4) is 5.75 Å². The van der Waals surface area contributed by atoms with Crippen LogP contribution in [0.3, 0.4) is 0 Å². The highest BCUT2D eigenvalue weighted by Crippen LogP contribution is 2.26. The summed E-state index contributed by atoms with van der Waals surface area (Å²) >= 11 is 0. The minimum Gasteiger partial charge on any atom is -0.497 e. The van der Waals surface area contributed by atoms with Crippen molar-refractivity contribution in [1.29, 1.82) is 0 Å². The lowest BCUT2D eigenvalue weighted by molar-refractivity contribution is -0.117. The summed E-state index contributed by atoms with van der Waals surface area (Å²) in [6.07, 6.45) is 1.05. The van der Waals surface area contributed by atoms with Crippen molar-refractivity contribution in [3.63, 3.8) is 0 Å². The second kappa shape index (κ2) is 9.23. The lowest BCUT2D eigenvalue weighted by Gasteiger charge is -2.19. The highest BCUT2D eigenvalue weighted by atomic mass is 16.5. The number of anilines is 1. The van der Waals surface area contributed by atoms with Crippen LogP contribution in [0.25, 0.3) is 0 Å². The zero-order valence-corrected chi connectivity index (χ0v) is 15.6. The van der Waals surface area contributed by atoms with Crippen LogP contribution in [0, 0.1) is 0 Å². The first-order valence-electron chi connectivity index (χ1n) is 8.73. The Bertz CT molecular complexity index is 683. The van der Waals surface area contributed by atoms with Gasteiger partial charge in [0.1, 0.15) is 5.75 Å². The zero-order valence-electron chi connectivity index (χ0n) is 15.6. The van der Waals surface area contributed by atoms with Crippen LogP contribution in [0.2, 0.25) is 0 Å². The molecule has 0 spiro atoms. The number of nitrogens with one attached hydrogen (secondary N) is 1. The molecule has 1 atom stereocenters. The van der Waals surface area contributed by atoms with Crippen LogP contribution in [0.5, 0.6) is 5.75 Å². The fourth-order valence-electron chi connectivity index (χ4n) is 2.79. The van der Waals surface area contributed by atoms with Crippen LogP contribution in [0.4, 0.5) is 5.69 Å². The van der Waals surface area contributed by atoms with Crippen LogP contribution in [-0.4, -0.2) is 31.5 Å². The van der Waals surface area contributed by atoms with Gasteiger partial charge in [0.15, 0.2) is 0 Å². The first-order chi connectivity index (χ1) is 12.0. The molecule has 134 valence electrons. The number of benzene rings is 2. The second-order valence-corrected chi connectivity index (χ2v) is 6.47. The number of hydrogen-bond acceptors (Lipinski definition) is 3. The zero-order chi connectivity index (χ0) is 18.2. The average Bonchev–Trinajstić information content (AvgIpc) is 2.62. The minimum absolute atomic E-state index is 0.00626. The summed E-state index contributed by atoms with van der Waals surface area (Å²) < 4.78 is 5.17.